The van der Waals surface area contributed by atoms with E-state index in [9.17, 15) is 24.3 Å². The van der Waals surface area contributed by atoms with Gasteiger partial charge in [-0.15, -0.1) is 0 Å². The smallest absolute Gasteiger partial charge is 0.245 e. The van der Waals surface area contributed by atoms with Crippen LogP contribution in [0.4, 0.5) is 0 Å². The van der Waals surface area contributed by atoms with Crippen LogP contribution in [0.1, 0.15) is 36.8 Å². The zero-order valence-electron chi connectivity index (χ0n) is 29.3. The first kappa shape index (κ1) is 39.4. The molecule has 0 bridgehead atoms. The Bertz CT molecular complexity index is 1840. The quantitative estimate of drug-likeness (QED) is 0.0600. The third kappa shape index (κ3) is 12.7. The zero-order valence-corrected chi connectivity index (χ0v) is 29.3. The highest BCUT2D eigenvalue weighted by molar-refractivity contribution is 5.97. The summed E-state index contributed by atoms with van der Waals surface area (Å²) in [6.07, 6.45) is 1.23. The molecule has 1 aliphatic rings. The number of aliphatic imine (C=N–C) groups is 3. The molecule has 0 radical (unpaired) electrons. The standard InChI is InChI=1S/C36H48N12O5/c37-31-26(7-3-15-42-35(38)39)47-34(53)29(18-21-10-13-25(49)14-11-21)45-30(50)20-44-32(51)28(19-22-9-12-23-5-1-2-6-24(23)17-22)48-33(52)27(46-31)8-4-16-43-36(40)41/h1-2,5-6,9-14,17,26-29,49H,3-4,7-8,15-16,18-20H2,(H2,37,46)(H,44,51)(H,45,50)(H,47,53)(H,48,52)(H4,38,39,42)(H4,40,41,43)/t26-,27-,28-,29+/m0/s1. The van der Waals surface area contributed by atoms with Crippen LogP contribution in [0, 0.1) is 0 Å². The maximum atomic E-state index is 14.0. The molecule has 53 heavy (non-hydrogen) atoms. The fourth-order valence-electron chi connectivity index (χ4n) is 5.78. The van der Waals surface area contributed by atoms with Crippen LogP contribution in [0.15, 0.2) is 81.7 Å². The Labute approximate surface area is 306 Å². The van der Waals surface area contributed by atoms with Crippen molar-refractivity contribution in [2.75, 3.05) is 19.6 Å². The van der Waals surface area contributed by atoms with Crippen LogP contribution >= 0.6 is 0 Å². The predicted molar refractivity (Wildman–Crippen MR) is 203 cm³/mol. The lowest BCUT2D eigenvalue weighted by atomic mass is 10.0. The summed E-state index contributed by atoms with van der Waals surface area (Å²) in [5, 5.41) is 22.7. The Kier molecular flexibility index (Phi) is 14.3. The van der Waals surface area contributed by atoms with Crippen molar-refractivity contribution in [3.8, 4) is 5.75 Å². The summed E-state index contributed by atoms with van der Waals surface area (Å²) >= 11 is 0. The van der Waals surface area contributed by atoms with Gasteiger partial charge in [-0.1, -0.05) is 54.6 Å². The highest BCUT2D eigenvalue weighted by Gasteiger charge is 2.30. The van der Waals surface area contributed by atoms with E-state index in [2.05, 4.69) is 36.2 Å². The maximum absolute atomic E-state index is 14.0. The van der Waals surface area contributed by atoms with E-state index in [0.29, 0.717) is 18.4 Å². The van der Waals surface area contributed by atoms with Crippen LogP contribution in [0.3, 0.4) is 0 Å². The van der Waals surface area contributed by atoms with Crippen LogP contribution < -0.4 is 49.9 Å². The fraction of sp³-hybridized carbons (Fsp3) is 0.361. The average Bonchev–Trinajstić information content (AvgIpc) is 3.12. The van der Waals surface area contributed by atoms with Gasteiger partial charge in [-0.3, -0.25) is 34.2 Å². The van der Waals surface area contributed by atoms with Crippen molar-refractivity contribution in [1.29, 1.82) is 0 Å². The summed E-state index contributed by atoms with van der Waals surface area (Å²) in [6.45, 7) is -0.0545. The number of hydrogen-bond acceptors (Lipinski definition) is 9. The van der Waals surface area contributed by atoms with Gasteiger partial charge in [-0.25, -0.2) is 0 Å². The highest BCUT2D eigenvalue weighted by atomic mass is 16.3. The van der Waals surface area contributed by atoms with Crippen LogP contribution in [0.25, 0.3) is 10.8 Å². The van der Waals surface area contributed by atoms with E-state index >= 15 is 0 Å². The lowest BCUT2D eigenvalue weighted by molar-refractivity contribution is -0.131. The van der Waals surface area contributed by atoms with Crippen LogP contribution in [0.2, 0.25) is 0 Å². The minimum Gasteiger partial charge on any atom is -0.508 e. The van der Waals surface area contributed by atoms with Crippen molar-refractivity contribution < 1.29 is 24.3 Å². The Balaban J connectivity index is 1.71. The highest BCUT2D eigenvalue weighted by Crippen LogP contribution is 2.18. The third-order valence-corrected chi connectivity index (χ3v) is 8.49. The molecule has 3 aromatic carbocycles. The fourth-order valence-corrected chi connectivity index (χ4v) is 5.78. The number of amidine groups is 1. The minimum absolute atomic E-state index is 0.0334. The number of amides is 4. The normalized spacial score (nSPS) is 20.0. The third-order valence-electron chi connectivity index (χ3n) is 8.49. The van der Waals surface area contributed by atoms with E-state index in [1.807, 2.05) is 42.5 Å². The first-order valence-electron chi connectivity index (χ1n) is 17.2. The van der Waals surface area contributed by atoms with E-state index in [4.69, 9.17) is 28.7 Å². The number of fused-ring (bicyclic) bond motifs is 1. The molecule has 3 aromatic rings. The maximum Gasteiger partial charge on any atom is 0.245 e. The summed E-state index contributed by atoms with van der Waals surface area (Å²) < 4.78 is 0. The van der Waals surface area contributed by atoms with Gasteiger partial charge >= 0.3 is 0 Å². The predicted octanol–water partition coefficient (Wildman–Crippen LogP) is -1.25. The Morgan fingerprint density at radius 3 is 1.96 bits per heavy atom. The molecule has 15 N–H and O–H groups in total. The van der Waals surface area contributed by atoms with Gasteiger partial charge in [0.15, 0.2) is 11.9 Å². The number of hydrogen-bond donors (Lipinski definition) is 10. The molecule has 17 nitrogen and oxygen atoms in total. The molecule has 0 saturated heterocycles. The van der Waals surface area contributed by atoms with Crippen LogP contribution in [-0.4, -0.2) is 90.3 Å². The number of nitrogens with zero attached hydrogens (tertiary/aromatic N) is 3. The molecular weight excluding hydrogens is 680 g/mol. The molecule has 1 aliphatic heterocycles. The SMILES string of the molecule is NC(N)=NCCC[C@@H]1N=C(N)[C@H](CCCN=C(N)N)NC(=O)[C@@H](Cc2ccc(O)cc2)NC(=O)CNC(=O)[C@H](Cc2ccc3ccccc3c2)NC1=O. The molecule has 0 aliphatic carbocycles. The van der Waals surface area contributed by atoms with E-state index in [-0.39, 0.29) is 62.3 Å². The van der Waals surface area contributed by atoms with E-state index in [0.717, 1.165) is 16.3 Å². The number of rotatable bonds is 12. The second kappa shape index (κ2) is 19.3. The van der Waals surface area contributed by atoms with Crippen molar-refractivity contribution in [2.24, 2.45) is 43.6 Å². The first-order valence-corrected chi connectivity index (χ1v) is 17.2. The summed E-state index contributed by atoms with van der Waals surface area (Å²) in [5.41, 5.74) is 29.9. The summed E-state index contributed by atoms with van der Waals surface area (Å²) in [4.78, 5) is 67.3. The number of phenols is 1. The number of guanidine groups is 2. The van der Waals surface area contributed by atoms with Gasteiger partial charge in [0.1, 0.15) is 29.7 Å². The lowest BCUT2D eigenvalue weighted by Crippen LogP contribution is -2.55. The number of carbonyl (C=O) groups excluding carboxylic acids is 4. The van der Waals surface area contributed by atoms with E-state index < -0.39 is 54.3 Å². The average molecular weight is 729 g/mol. The molecule has 1 heterocycles. The Hall–Kier alpha value is -6.39. The molecule has 0 fully saturated rings. The number of benzene rings is 3. The molecule has 0 saturated carbocycles. The molecule has 17 heteroatoms. The van der Waals surface area contributed by atoms with Gasteiger partial charge in [0.2, 0.25) is 23.6 Å². The molecular formula is C36H48N12O5. The van der Waals surface area contributed by atoms with Crippen molar-refractivity contribution in [3.63, 3.8) is 0 Å². The number of aromatic hydroxyl groups is 1. The van der Waals surface area contributed by atoms with Gasteiger partial charge in [0.05, 0.1) is 12.6 Å². The largest absolute Gasteiger partial charge is 0.508 e. The monoisotopic (exact) mass is 728 g/mol. The number of nitrogens with two attached hydrogens (primary N) is 5. The molecule has 0 unspecified atom stereocenters. The van der Waals surface area contributed by atoms with Crippen molar-refractivity contribution in [1.82, 2.24) is 21.3 Å². The van der Waals surface area contributed by atoms with Gasteiger partial charge in [-0.05, 0) is 59.7 Å². The molecule has 4 rings (SSSR count). The number of phenolic OH excluding ortho intramolecular Hbond substituents is 1. The summed E-state index contributed by atoms with van der Waals surface area (Å²) in [6, 6.07) is 15.4. The molecule has 4 amide bonds. The summed E-state index contributed by atoms with van der Waals surface area (Å²) in [7, 11) is 0. The van der Waals surface area contributed by atoms with Crippen LogP contribution in [0.5, 0.6) is 5.75 Å². The van der Waals surface area contributed by atoms with Crippen molar-refractivity contribution in [3.05, 3.63) is 77.9 Å². The molecule has 0 spiro atoms. The molecule has 4 atom stereocenters. The first-order chi connectivity index (χ1) is 25.4. The number of carbonyl (C=O) groups is 4. The van der Waals surface area contributed by atoms with Gasteiger partial charge in [0, 0.05) is 25.9 Å². The summed E-state index contributed by atoms with van der Waals surface area (Å²) in [5.74, 6) is -2.71. The minimum atomic E-state index is -1.12. The molecule has 282 valence electrons. The van der Waals surface area contributed by atoms with Crippen molar-refractivity contribution >= 4 is 52.2 Å². The second-order valence-corrected chi connectivity index (χ2v) is 12.7. The van der Waals surface area contributed by atoms with Crippen molar-refractivity contribution in [2.45, 2.75) is 62.7 Å². The molecule has 0 aromatic heterocycles. The topological polar surface area (TPSA) is 304 Å². The van der Waals surface area contributed by atoms with Crippen LogP contribution in [-0.2, 0) is 32.0 Å². The zero-order chi connectivity index (χ0) is 38.3. The Morgan fingerprint density at radius 2 is 1.28 bits per heavy atom. The Morgan fingerprint density at radius 1 is 0.698 bits per heavy atom. The van der Waals surface area contributed by atoms with Gasteiger partial charge in [0.25, 0.3) is 0 Å². The lowest BCUT2D eigenvalue weighted by Gasteiger charge is -2.24. The van der Waals surface area contributed by atoms with Gasteiger partial charge < -0.3 is 55.0 Å². The van der Waals surface area contributed by atoms with E-state index in [1.54, 1.807) is 12.1 Å². The van der Waals surface area contributed by atoms with Gasteiger partial charge in [-0.2, -0.15) is 0 Å². The second-order valence-electron chi connectivity index (χ2n) is 12.7. The number of nitrogens with one attached hydrogen (secondary N) is 4. The van der Waals surface area contributed by atoms with E-state index in [1.165, 1.54) is 12.1 Å².